The van der Waals surface area contributed by atoms with Gasteiger partial charge in [0.2, 0.25) is 0 Å². The average molecular weight is 571 g/mol. The van der Waals surface area contributed by atoms with Gasteiger partial charge in [0.15, 0.2) is 5.60 Å². The first-order valence-electron chi connectivity index (χ1n) is 12.9. The van der Waals surface area contributed by atoms with E-state index in [4.69, 9.17) is 29.9 Å². The van der Waals surface area contributed by atoms with E-state index in [9.17, 15) is 14.4 Å². The molecule has 1 fully saturated rings. The number of methoxy groups -OCH3 is 1. The van der Waals surface area contributed by atoms with Gasteiger partial charge in [0, 0.05) is 31.8 Å². The summed E-state index contributed by atoms with van der Waals surface area (Å²) in [4.78, 5) is 32.9. The number of carbonyl (C=O) groups is 3. The number of benzene rings is 2. The van der Waals surface area contributed by atoms with Crippen LogP contribution in [0.5, 0.6) is 5.75 Å². The maximum Gasteiger partial charge on any atom is 0.336 e. The first-order chi connectivity index (χ1) is 19.6. The van der Waals surface area contributed by atoms with Crippen LogP contribution in [0.3, 0.4) is 0 Å². The van der Waals surface area contributed by atoms with Crippen LogP contribution in [0.15, 0.2) is 54.6 Å². The van der Waals surface area contributed by atoms with E-state index >= 15 is 0 Å². The van der Waals surface area contributed by atoms with Crippen molar-refractivity contribution in [1.29, 1.82) is 0 Å². The highest BCUT2D eigenvalue weighted by molar-refractivity contribution is 5.88. The molecule has 0 amide bonds. The van der Waals surface area contributed by atoms with Crippen molar-refractivity contribution in [2.45, 2.75) is 50.5 Å². The maximum atomic E-state index is 10.3. The van der Waals surface area contributed by atoms with Gasteiger partial charge in [-0.15, -0.1) is 0 Å². The number of hydrogen-bond donors (Lipinski definition) is 5. The molecule has 0 spiro atoms. The predicted octanol–water partition coefficient (Wildman–Crippen LogP) is 2.41. The molecule has 3 aromatic rings. The highest BCUT2D eigenvalue weighted by atomic mass is 16.5. The molecule has 1 atom stereocenters. The zero-order valence-corrected chi connectivity index (χ0v) is 22.6. The quantitative estimate of drug-likeness (QED) is 0.202. The van der Waals surface area contributed by atoms with Crippen molar-refractivity contribution in [3.8, 4) is 17.0 Å². The minimum Gasteiger partial charge on any atom is -0.497 e. The molecule has 220 valence electrons. The van der Waals surface area contributed by atoms with Crippen molar-refractivity contribution in [2.75, 3.05) is 20.3 Å². The lowest BCUT2D eigenvalue weighted by atomic mass is 9.96. The first kappa shape index (κ1) is 31.2. The third-order valence-electron chi connectivity index (χ3n) is 6.35. The molecular weight excluding hydrogens is 536 g/mol. The number of aliphatic hydroxyl groups is 1. The lowest BCUT2D eigenvalue weighted by Crippen LogP contribution is -2.42. The largest absolute Gasteiger partial charge is 0.497 e. The number of carboxylic acids is 3. The topological polar surface area (TPSA) is 195 Å². The number of aromatic amines is 1. The van der Waals surface area contributed by atoms with Gasteiger partial charge in [0.1, 0.15) is 17.1 Å². The third-order valence-corrected chi connectivity index (χ3v) is 6.35. The van der Waals surface area contributed by atoms with Crippen molar-refractivity contribution >= 4 is 17.9 Å². The molecule has 2 heterocycles. The number of carboxylic acid groups (broad SMARTS) is 3. The zero-order valence-electron chi connectivity index (χ0n) is 22.6. The zero-order chi connectivity index (χ0) is 29.8. The molecule has 1 aromatic heterocycles. The summed E-state index contributed by atoms with van der Waals surface area (Å²) in [6.07, 6.45) is 0.233. The molecule has 41 heavy (non-hydrogen) atoms. The van der Waals surface area contributed by atoms with E-state index in [2.05, 4.69) is 44.6 Å². The molecule has 5 N–H and O–H groups in total. The lowest BCUT2D eigenvalue weighted by molar-refractivity contribution is -0.170. The highest BCUT2D eigenvalue weighted by Crippen LogP contribution is 2.23. The van der Waals surface area contributed by atoms with Crippen molar-refractivity contribution in [1.82, 2.24) is 20.3 Å². The summed E-state index contributed by atoms with van der Waals surface area (Å²) in [6.45, 7) is 3.24. The minimum atomic E-state index is -2.74. The van der Waals surface area contributed by atoms with Gasteiger partial charge in [0.25, 0.3) is 0 Å². The fourth-order valence-corrected chi connectivity index (χ4v) is 4.41. The lowest BCUT2D eigenvalue weighted by Gasteiger charge is -2.25. The molecule has 1 unspecified atom stereocenters. The normalized spacial score (nSPS) is 14.8. The van der Waals surface area contributed by atoms with Crippen LogP contribution in [0, 0.1) is 0 Å². The van der Waals surface area contributed by atoms with E-state index in [1.807, 2.05) is 30.3 Å². The van der Waals surface area contributed by atoms with E-state index in [-0.39, 0.29) is 6.10 Å². The molecule has 0 aliphatic carbocycles. The fraction of sp³-hybridized carbons (Fsp3) is 0.393. The molecule has 4 rings (SSSR count). The number of hydrogen-bond acceptors (Lipinski definition) is 9. The Morgan fingerprint density at radius 2 is 1.73 bits per heavy atom. The molecule has 13 nitrogen and oxygen atoms in total. The second kappa shape index (κ2) is 14.9. The Morgan fingerprint density at radius 3 is 2.32 bits per heavy atom. The number of nitrogens with zero attached hydrogens (tertiary/aromatic N) is 3. The summed E-state index contributed by atoms with van der Waals surface area (Å²) in [5.41, 5.74) is 1.40. The van der Waals surface area contributed by atoms with Crippen molar-refractivity contribution in [3.05, 3.63) is 65.9 Å². The fourth-order valence-electron chi connectivity index (χ4n) is 4.41. The Hall–Kier alpha value is -4.33. The summed E-state index contributed by atoms with van der Waals surface area (Å²) in [5.74, 6) is -4.14. The van der Waals surface area contributed by atoms with Gasteiger partial charge in [-0.2, -0.15) is 15.4 Å². The molecule has 1 saturated heterocycles. The average Bonchev–Trinajstić information content (AvgIpc) is 3.61. The van der Waals surface area contributed by atoms with Crippen molar-refractivity contribution in [2.24, 2.45) is 0 Å². The monoisotopic (exact) mass is 570 g/mol. The van der Waals surface area contributed by atoms with Gasteiger partial charge >= 0.3 is 17.9 Å². The minimum absolute atomic E-state index is 0.276. The van der Waals surface area contributed by atoms with Crippen LogP contribution in [0.2, 0.25) is 0 Å². The van der Waals surface area contributed by atoms with E-state index in [1.54, 1.807) is 7.11 Å². The molecule has 1 aliphatic rings. The summed E-state index contributed by atoms with van der Waals surface area (Å²) in [5, 5.41) is 45.4. The number of aromatic nitrogens is 3. The number of H-pyrrole nitrogens is 1. The van der Waals surface area contributed by atoms with Gasteiger partial charge < -0.3 is 29.9 Å². The number of nitrogens with one attached hydrogen (secondary N) is 1. The Balaban J connectivity index is 0.000000302. The Morgan fingerprint density at radius 1 is 1.02 bits per heavy atom. The van der Waals surface area contributed by atoms with Crippen LogP contribution in [-0.2, 0) is 32.2 Å². The Kier molecular flexibility index (Phi) is 11.3. The van der Waals surface area contributed by atoms with Gasteiger partial charge in [-0.25, -0.2) is 4.79 Å². The van der Waals surface area contributed by atoms with Gasteiger partial charge in [-0.05, 0) is 30.5 Å². The smallest absolute Gasteiger partial charge is 0.336 e. The number of aliphatic carboxylic acids is 3. The van der Waals surface area contributed by atoms with Crippen molar-refractivity contribution < 1.29 is 44.3 Å². The number of ether oxygens (including phenoxy) is 2. The summed E-state index contributed by atoms with van der Waals surface area (Å²) in [6, 6.07) is 18.4. The standard InChI is InChI=1S/C22H26N4O2.C6H8O7/c1-27-19-10-5-7-17(13-19)14-26(15-20-11-6-12-28-20)16-21-22(24-25-23-21)18-8-3-2-4-9-18;7-3(8)1-6(13,5(11)12)2-4(9)10/h2-5,7-10,13,20H,6,11-12,14-16H2,1H3,(H,23,24,25);13H,1-2H2,(H,7,8)(H,9,10)(H,11,12). The van der Waals surface area contributed by atoms with Gasteiger partial charge in [-0.3, -0.25) is 14.5 Å². The van der Waals surface area contributed by atoms with Crippen LogP contribution in [0.4, 0.5) is 0 Å². The van der Waals surface area contributed by atoms with Crippen LogP contribution < -0.4 is 4.74 Å². The van der Waals surface area contributed by atoms with Crippen LogP contribution in [0.25, 0.3) is 11.3 Å². The second-order valence-corrected chi connectivity index (χ2v) is 9.62. The number of rotatable bonds is 13. The predicted molar refractivity (Wildman–Crippen MR) is 145 cm³/mol. The van der Waals surface area contributed by atoms with E-state index in [0.717, 1.165) is 55.2 Å². The Labute approximate surface area is 236 Å². The third kappa shape index (κ3) is 9.67. The summed E-state index contributed by atoms with van der Waals surface area (Å²) >= 11 is 0. The molecule has 2 aromatic carbocycles. The molecule has 0 bridgehead atoms. The second-order valence-electron chi connectivity index (χ2n) is 9.62. The Bertz CT molecular complexity index is 1280. The van der Waals surface area contributed by atoms with Crippen molar-refractivity contribution in [3.63, 3.8) is 0 Å². The molecule has 0 radical (unpaired) electrons. The van der Waals surface area contributed by atoms with Gasteiger partial charge in [-0.1, -0.05) is 42.5 Å². The van der Waals surface area contributed by atoms with Crippen LogP contribution >= 0.6 is 0 Å². The molecular formula is C28H34N4O9. The maximum absolute atomic E-state index is 10.3. The van der Waals surface area contributed by atoms with E-state index < -0.39 is 36.4 Å². The molecule has 0 saturated carbocycles. The van der Waals surface area contributed by atoms with Crippen LogP contribution in [-0.4, -0.2) is 90.6 Å². The van der Waals surface area contributed by atoms with E-state index in [1.165, 1.54) is 5.56 Å². The summed E-state index contributed by atoms with van der Waals surface area (Å²) in [7, 11) is 1.70. The van der Waals surface area contributed by atoms with Crippen LogP contribution in [0.1, 0.15) is 36.9 Å². The summed E-state index contributed by atoms with van der Waals surface area (Å²) < 4.78 is 11.3. The molecule has 13 heteroatoms. The SMILES string of the molecule is COc1cccc(CN(Cc2n[nH]nc2-c2ccccc2)CC2CCCO2)c1.O=C(O)CC(O)(CC(=O)O)C(=O)O. The highest BCUT2D eigenvalue weighted by Gasteiger charge is 2.40. The first-order valence-corrected chi connectivity index (χ1v) is 12.9. The molecule has 1 aliphatic heterocycles. The van der Waals surface area contributed by atoms with E-state index in [0.29, 0.717) is 6.54 Å². The van der Waals surface area contributed by atoms with Gasteiger partial charge in [0.05, 0.1) is 26.1 Å².